The Labute approximate surface area is 221 Å². The summed E-state index contributed by atoms with van der Waals surface area (Å²) in [6.07, 6.45) is 0.115. The minimum absolute atomic E-state index is 0.378. The van der Waals surface area contributed by atoms with Gasteiger partial charge in [0.25, 0.3) is 0 Å². The van der Waals surface area contributed by atoms with E-state index in [2.05, 4.69) is 48.9 Å². The van der Waals surface area contributed by atoms with E-state index >= 15 is 0 Å². The second kappa shape index (κ2) is 8.72. The second-order valence-electron chi connectivity index (χ2n) is 11.3. The normalized spacial score (nSPS) is 15.4. The molecule has 3 heteroatoms. The zero-order valence-corrected chi connectivity index (χ0v) is 23.1. The van der Waals surface area contributed by atoms with Crippen LogP contribution in [-0.4, -0.2) is 13.1 Å². The summed E-state index contributed by atoms with van der Waals surface area (Å²) in [5.74, 6) is 0. The average molecular weight is 499 g/mol. The lowest BCUT2D eigenvalue weighted by molar-refractivity contribution is 0.411. The first kappa shape index (κ1) is 18.5. The number of pyridine rings is 1. The first-order chi connectivity index (χ1) is 18.5. The Morgan fingerprint density at radius 2 is 1.63 bits per heavy atom. The van der Waals surface area contributed by atoms with E-state index in [4.69, 9.17) is 6.85 Å². The molecule has 2 aromatic heterocycles. The van der Waals surface area contributed by atoms with Gasteiger partial charge in [0.15, 0.2) is 0 Å². The number of aromatic nitrogens is 1. The van der Waals surface area contributed by atoms with Gasteiger partial charge < -0.3 is 0 Å². The summed E-state index contributed by atoms with van der Waals surface area (Å²) in [6, 6.07) is 22.0. The first-order valence-electron chi connectivity index (χ1n) is 14.6. The molecule has 178 valence electrons. The van der Waals surface area contributed by atoms with Gasteiger partial charge in [-0.25, -0.2) is 0 Å². The van der Waals surface area contributed by atoms with Gasteiger partial charge in [-0.05, 0) is 53.0 Å². The number of aryl methyl sites for hydroxylation is 1. The van der Waals surface area contributed by atoms with Gasteiger partial charge in [0.1, 0.15) is 0 Å². The van der Waals surface area contributed by atoms with Crippen molar-refractivity contribution in [2.75, 3.05) is 0 Å². The van der Waals surface area contributed by atoms with Crippen molar-refractivity contribution < 1.29 is 6.85 Å². The summed E-state index contributed by atoms with van der Waals surface area (Å²) in [7, 11) is -1.48. The molecular formula is C32H35NSSi. The Bertz CT molecular complexity index is 1720. The van der Waals surface area contributed by atoms with Crippen molar-refractivity contribution in [3.8, 4) is 22.4 Å². The monoisotopic (exact) mass is 498 g/mol. The summed E-state index contributed by atoms with van der Waals surface area (Å²) in [4.78, 5) is 4.62. The Morgan fingerprint density at radius 1 is 0.886 bits per heavy atom. The fourth-order valence-electron chi connectivity index (χ4n) is 4.54. The molecule has 0 amide bonds. The minimum Gasteiger partial charge on any atom is -0.256 e. The topological polar surface area (TPSA) is 12.9 Å². The van der Waals surface area contributed by atoms with Crippen molar-refractivity contribution in [2.45, 2.75) is 53.6 Å². The van der Waals surface area contributed by atoms with Crippen molar-refractivity contribution in [3.63, 3.8) is 0 Å². The Kier molecular flexibility index (Phi) is 4.61. The predicted molar refractivity (Wildman–Crippen MR) is 159 cm³/mol. The number of fused-ring (bicyclic) bond motifs is 3. The van der Waals surface area contributed by atoms with Gasteiger partial charge in [-0.15, -0.1) is 11.3 Å². The molecular weight excluding hydrogens is 459 g/mol. The fraction of sp³-hybridized carbons (Fsp3) is 0.281. The summed E-state index contributed by atoms with van der Waals surface area (Å²) in [6.45, 7) is 10.3. The van der Waals surface area contributed by atoms with E-state index in [1.165, 1.54) is 16.5 Å². The van der Waals surface area contributed by atoms with E-state index in [1.54, 1.807) is 12.3 Å². The molecule has 0 atom stereocenters. The highest BCUT2D eigenvalue weighted by Crippen LogP contribution is 2.43. The van der Waals surface area contributed by atoms with Crippen LogP contribution in [0, 0.1) is 12.3 Å². The van der Waals surface area contributed by atoms with Crippen molar-refractivity contribution >= 4 is 44.8 Å². The molecule has 5 aromatic rings. The summed E-state index contributed by atoms with van der Waals surface area (Å²) < 4.78 is 44.8. The van der Waals surface area contributed by atoms with Gasteiger partial charge in [-0.3, -0.25) is 4.98 Å². The van der Waals surface area contributed by atoms with Crippen LogP contribution in [0.4, 0.5) is 0 Å². The number of hydrogen-bond acceptors (Lipinski definition) is 2. The SMILES string of the molecule is [2H]C([2H])([2H])c1c(-c2ccc([Si](C)(C)C)cc2)ccc2c1sc1c(-c3cc(C([2H])([2H])C(C)(C)C)ccn3)cccc12. The molecule has 35 heavy (non-hydrogen) atoms. The van der Waals surface area contributed by atoms with Crippen LogP contribution in [0.2, 0.25) is 19.6 Å². The molecule has 0 fully saturated rings. The first-order valence-corrected chi connectivity index (χ1v) is 16.4. The summed E-state index contributed by atoms with van der Waals surface area (Å²) >= 11 is 1.48. The maximum absolute atomic E-state index is 8.76. The van der Waals surface area contributed by atoms with Crippen molar-refractivity contribution in [1.82, 2.24) is 4.98 Å². The van der Waals surface area contributed by atoms with E-state index < -0.39 is 26.7 Å². The van der Waals surface area contributed by atoms with E-state index in [0.717, 1.165) is 36.9 Å². The summed E-state index contributed by atoms with van der Waals surface area (Å²) in [5.41, 5.74) is 3.57. The fourth-order valence-corrected chi connectivity index (χ4v) is 6.98. The molecule has 0 N–H and O–H groups in total. The van der Waals surface area contributed by atoms with Crippen LogP contribution < -0.4 is 5.19 Å². The Hall–Kier alpha value is -2.75. The quantitative estimate of drug-likeness (QED) is 0.225. The lowest BCUT2D eigenvalue weighted by Gasteiger charge is -2.18. The molecule has 0 saturated heterocycles. The predicted octanol–water partition coefficient (Wildman–Crippen LogP) is 9.23. The van der Waals surface area contributed by atoms with Crippen LogP contribution in [0.15, 0.2) is 72.9 Å². The molecule has 0 aliphatic heterocycles. The molecule has 0 radical (unpaired) electrons. The minimum atomic E-state index is -2.30. The van der Waals surface area contributed by atoms with Crippen LogP contribution in [0.5, 0.6) is 0 Å². The van der Waals surface area contributed by atoms with Crippen LogP contribution in [0.3, 0.4) is 0 Å². The van der Waals surface area contributed by atoms with Crippen molar-refractivity contribution in [3.05, 3.63) is 84.1 Å². The summed E-state index contributed by atoms with van der Waals surface area (Å²) in [5, 5.41) is 3.23. The number of rotatable bonds is 4. The third kappa shape index (κ3) is 4.72. The van der Waals surface area contributed by atoms with Gasteiger partial charge in [0.05, 0.1) is 13.8 Å². The molecule has 0 bridgehead atoms. The molecule has 5 rings (SSSR count). The highest BCUT2D eigenvalue weighted by atomic mass is 32.1. The molecule has 0 aliphatic rings. The second-order valence-corrected chi connectivity index (χ2v) is 17.4. The van der Waals surface area contributed by atoms with Crippen molar-refractivity contribution in [1.29, 1.82) is 0 Å². The maximum Gasteiger partial charge on any atom is 0.0775 e. The zero-order chi connectivity index (χ0) is 29.3. The average Bonchev–Trinajstić information content (AvgIpc) is 3.25. The van der Waals surface area contributed by atoms with E-state index in [0.29, 0.717) is 16.8 Å². The van der Waals surface area contributed by atoms with Crippen LogP contribution in [0.1, 0.15) is 38.8 Å². The molecule has 2 heterocycles. The Balaban J connectivity index is 1.73. The van der Waals surface area contributed by atoms with Crippen LogP contribution >= 0.6 is 11.3 Å². The van der Waals surface area contributed by atoms with Gasteiger partial charge in [-0.1, -0.05) is 100 Å². The Morgan fingerprint density at radius 3 is 2.31 bits per heavy atom. The number of nitrogens with zero attached hydrogens (tertiary/aromatic N) is 1. The lowest BCUT2D eigenvalue weighted by Crippen LogP contribution is -2.37. The molecule has 0 saturated carbocycles. The third-order valence-corrected chi connectivity index (χ3v) is 9.62. The smallest absolute Gasteiger partial charge is 0.0775 e. The molecule has 0 aliphatic carbocycles. The number of benzene rings is 3. The van der Waals surface area contributed by atoms with Crippen LogP contribution in [-0.2, 0) is 6.37 Å². The van der Waals surface area contributed by atoms with Crippen LogP contribution in [0.25, 0.3) is 42.6 Å². The van der Waals surface area contributed by atoms with Gasteiger partial charge in [-0.2, -0.15) is 0 Å². The lowest BCUT2D eigenvalue weighted by atomic mass is 9.88. The highest BCUT2D eigenvalue weighted by Gasteiger charge is 2.18. The molecule has 0 spiro atoms. The standard InChI is InChI=1S/C32H35NSSi/c1-21-25(23-11-13-24(14-12-23)35(5,6)7)15-16-27-26-9-8-10-28(31(26)34-30(21)27)29-19-22(17-18-33-29)20-32(2,3)4/h8-19H,20H2,1-7H3/i1D3,20D2. The molecule has 3 aromatic carbocycles. The third-order valence-electron chi connectivity index (χ3n) is 6.28. The highest BCUT2D eigenvalue weighted by molar-refractivity contribution is 7.26. The van der Waals surface area contributed by atoms with Gasteiger partial charge in [0, 0.05) is 38.8 Å². The van der Waals surface area contributed by atoms with E-state index in [-0.39, 0.29) is 0 Å². The van der Waals surface area contributed by atoms with Gasteiger partial charge >= 0.3 is 0 Å². The number of hydrogen-bond donors (Lipinski definition) is 0. The van der Waals surface area contributed by atoms with E-state index in [9.17, 15) is 0 Å². The van der Waals surface area contributed by atoms with Crippen molar-refractivity contribution in [2.24, 2.45) is 5.41 Å². The number of thiophene rings is 1. The largest absolute Gasteiger partial charge is 0.256 e. The zero-order valence-electron chi connectivity index (χ0n) is 26.3. The van der Waals surface area contributed by atoms with E-state index in [1.807, 2.05) is 57.2 Å². The van der Waals surface area contributed by atoms with Gasteiger partial charge in [0.2, 0.25) is 0 Å². The molecule has 1 nitrogen and oxygen atoms in total. The maximum atomic E-state index is 8.76. The molecule has 0 unspecified atom stereocenters.